The molecule has 12 atom stereocenters. The molecule has 0 radical (unpaired) electrons. The van der Waals surface area contributed by atoms with E-state index in [1.165, 1.54) is 12.5 Å². The second-order valence-electron chi connectivity index (χ2n) is 22.4. The molecule has 2 aromatic heterocycles. The number of para-hydroxylation sites is 1. The average Bonchev–Trinajstić information content (AvgIpc) is 2.24. The number of benzene rings is 1. The summed E-state index contributed by atoms with van der Waals surface area (Å²) in [6, 6.07) is -8.95. The number of aliphatic hydroxyl groups is 2. The Morgan fingerprint density at radius 1 is 0.578 bits per heavy atom. The molecule has 0 aliphatic carbocycles. The molecule has 1 aromatic carbocycles. The van der Waals surface area contributed by atoms with Crippen molar-refractivity contribution in [2.45, 2.75) is 166 Å². The first-order valence-corrected chi connectivity index (χ1v) is 28.9. The zero-order valence-electron chi connectivity index (χ0n) is 51.0. The van der Waals surface area contributed by atoms with Gasteiger partial charge in [0.2, 0.25) is 76.8 Å². The first-order valence-electron chi connectivity index (χ1n) is 28.9. The van der Waals surface area contributed by atoms with Crippen molar-refractivity contribution in [3.05, 3.63) is 54.2 Å². The second-order valence-corrected chi connectivity index (χ2v) is 22.4. The standard InChI is InChI=1S/C56H85N17O17/c1-8-27(6)45(72-50(83)34(15-25(2)3)66-47(80)32(57)13-14-40(58)76)54(87)70-38(19-42(60)78)52(85)73-46(28(7)75)55(88)69-37(18-41(59)77)48(81)63-22-43(79)65-39(23-74)53(86)67-35(16-29-20-62-33-12-10-9-11-31(29)33)49(82)68-36(17-30-21-61-24-64-30)51(84)71-44(26(4)5)56(89)90/h9-12,20-21,24-28,32,34-39,44-46,62,74-75H,8,13-19,22-23,57H2,1-7H3,(H2,58,76)(H2,59,77)(H2,60,78)(H,61,64)(H,63,81)(H,65,79)(H,66,80)(H,67,86)(H,68,82)(H,69,88)(H,70,87)(H,71,84)(H,72,83)(H,73,85)(H,89,90)/t27-,28+,32-,34-,35-,36-,37-,38-,39-,44-,45-,46-/m0/s1. The highest BCUT2D eigenvalue weighted by molar-refractivity contribution is 6.00. The number of carboxylic acids is 1. The van der Waals surface area contributed by atoms with Gasteiger partial charge in [-0.1, -0.05) is 66.2 Å². The number of rotatable bonds is 39. The zero-order valence-corrected chi connectivity index (χ0v) is 51.0. The Bertz CT molecular complexity index is 3030. The van der Waals surface area contributed by atoms with Gasteiger partial charge in [0.15, 0.2) is 0 Å². The van der Waals surface area contributed by atoms with Crippen LogP contribution < -0.4 is 76.1 Å². The number of fused-ring (bicyclic) bond motifs is 1. The average molecular weight is 1270 g/mol. The van der Waals surface area contributed by atoms with Gasteiger partial charge in [0, 0.05) is 48.3 Å². The van der Waals surface area contributed by atoms with Crippen LogP contribution in [0.15, 0.2) is 43.0 Å². The van der Waals surface area contributed by atoms with Gasteiger partial charge in [-0.3, -0.25) is 62.3 Å². The summed E-state index contributed by atoms with van der Waals surface area (Å²) in [5.74, 6) is -16.5. The summed E-state index contributed by atoms with van der Waals surface area (Å²) < 4.78 is 0. The summed E-state index contributed by atoms with van der Waals surface area (Å²) in [7, 11) is 0. The van der Waals surface area contributed by atoms with Crippen molar-refractivity contribution >= 4 is 93.7 Å². The predicted octanol–water partition coefficient (Wildman–Crippen LogP) is -6.29. The number of nitrogens with one attached hydrogen (secondary N) is 12. The first-order chi connectivity index (χ1) is 42.3. The van der Waals surface area contributed by atoms with Crippen LogP contribution in [-0.2, 0) is 80.0 Å². The van der Waals surface area contributed by atoms with Crippen molar-refractivity contribution in [1.82, 2.24) is 68.1 Å². The topological polar surface area (TPSA) is 569 Å². The Morgan fingerprint density at radius 3 is 1.62 bits per heavy atom. The van der Waals surface area contributed by atoms with Gasteiger partial charge < -0.3 is 101 Å². The molecule has 3 rings (SSSR count). The molecule has 0 spiro atoms. The van der Waals surface area contributed by atoms with Gasteiger partial charge >= 0.3 is 5.97 Å². The molecule has 0 aliphatic rings. The molecule has 0 saturated heterocycles. The molecule has 34 nitrogen and oxygen atoms in total. The minimum absolute atomic E-state index is 0.0645. The van der Waals surface area contributed by atoms with Gasteiger partial charge in [-0.05, 0) is 49.1 Å². The number of amides is 13. The fourth-order valence-electron chi connectivity index (χ4n) is 8.97. The van der Waals surface area contributed by atoms with E-state index in [0.29, 0.717) is 22.2 Å². The van der Waals surface area contributed by atoms with E-state index in [0.717, 1.165) is 6.92 Å². The van der Waals surface area contributed by atoms with E-state index in [4.69, 9.17) is 22.9 Å². The van der Waals surface area contributed by atoms with Crippen molar-refractivity contribution in [3.63, 3.8) is 0 Å². The first kappa shape index (κ1) is 74.7. The maximum atomic E-state index is 14.3. The van der Waals surface area contributed by atoms with Crippen LogP contribution in [0.1, 0.15) is 98.2 Å². The van der Waals surface area contributed by atoms with Gasteiger partial charge in [0.25, 0.3) is 0 Å². The smallest absolute Gasteiger partial charge is 0.326 e. The van der Waals surface area contributed by atoms with E-state index in [2.05, 4.69) is 68.1 Å². The molecular weight excluding hydrogens is 1180 g/mol. The summed E-state index contributed by atoms with van der Waals surface area (Å²) in [5.41, 5.74) is 23.4. The lowest BCUT2D eigenvalue weighted by molar-refractivity contribution is -0.143. The molecule has 0 saturated carbocycles. The number of hydrogen-bond acceptors (Lipinski definition) is 18. The highest BCUT2D eigenvalue weighted by Crippen LogP contribution is 2.20. The SMILES string of the molecule is CC[C@H](C)[C@H](NC(=O)[C@H](CC(C)C)NC(=O)[C@@H](N)CCC(N)=O)C(=O)N[C@@H](CC(N)=O)C(=O)N[C@H](C(=O)N[C@@H](CC(N)=O)C(=O)NCC(=O)N[C@@H](CO)C(=O)N[C@@H](Cc1c[nH]c2ccccc12)C(=O)N[C@@H](Cc1cnc[nH]1)C(=O)N[C@H](C(=O)O)C(C)C)[C@@H](C)O. The number of carbonyl (C=O) groups excluding carboxylic acids is 13. The van der Waals surface area contributed by atoms with Crippen LogP contribution in [0, 0.1) is 17.8 Å². The second kappa shape index (κ2) is 36.0. The fourth-order valence-corrected chi connectivity index (χ4v) is 8.97. The van der Waals surface area contributed by atoms with E-state index in [1.807, 2.05) is 0 Å². The summed E-state index contributed by atoms with van der Waals surface area (Å²) in [6.07, 6.45) is 0.136. The number of aliphatic hydroxyl groups excluding tert-OH is 2. The molecule has 0 fully saturated rings. The molecule has 0 aliphatic heterocycles. The van der Waals surface area contributed by atoms with E-state index in [1.54, 1.807) is 72.0 Å². The number of carbonyl (C=O) groups is 14. The van der Waals surface area contributed by atoms with Crippen LogP contribution in [0.4, 0.5) is 0 Å². The number of carboxylic acid groups (broad SMARTS) is 1. The number of H-pyrrole nitrogens is 2. The maximum absolute atomic E-state index is 14.3. The van der Waals surface area contributed by atoms with Crippen LogP contribution in [-0.4, -0.2) is 193 Å². The quantitative estimate of drug-likeness (QED) is 0.0253. The van der Waals surface area contributed by atoms with Crippen LogP contribution in [0.3, 0.4) is 0 Å². The molecule has 23 N–H and O–H groups in total. The highest BCUT2D eigenvalue weighted by atomic mass is 16.4. The highest BCUT2D eigenvalue weighted by Gasteiger charge is 2.38. The van der Waals surface area contributed by atoms with Crippen LogP contribution in [0.25, 0.3) is 10.9 Å². The van der Waals surface area contributed by atoms with Crippen LogP contribution >= 0.6 is 0 Å². The summed E-state index contributed by atoms with van der Waals surface area (Å²) in [6.45, 7) is 8.82. The number of hydrogen-bond donors (Lipinski definition) is 19. The Labute approximate surface area is 517 Å². The summed E-state index contributed by atoms with van der Waals surface area (Å²) in [4.78, 5) is 195. The molecule has 13 amide bonds. The van der Waals surface area contributed by atoms with Crippen molar-refractivity contribution in [1.29, 1.82) is 0 Å². The van der Waals surface area contributed by atoms with Crippen molar-refractivity contribution in [2.75, 3.05) is 13.2 Å². The van der Waals surface area contributed by atoms with Gasteiger partial charge in [-0.25, -0.2) is 9.78 Å². The van der Waals surface area contributed by atoms with E-state index in [-0.39, 0.29) is 44.4 Å². The van der Waals surface area contributed by atoms with E-state index in [9.17, 15) is 82.4 Å². The molecule has 0 unspecified atom stereocenters. The number of aromatic amines is 2. The molecule has 496 valence electrons. The predicted molar refractivity (Wildman–Crippen MR) is 319 cm³/mol. The monoisotopic (exact) mass is 1270 g/mol. The Balaban J connectivity index is 1.79. The van der Waals surface area contributed by atoms with Crippen molar-refractivity contribution < 1.29 is 82.4 Å². The molecule has 2 heterocycles. The van der Waals surface area contributed by atoms with Gasteiger partial charge in [-0.2, -0.15) is 0 Å². The number of aromatic nitrogens is 3. The molecule has 0 bridgehead atoms. The molecule has 3 aromatic rings. The maximum Gasteiger partial charge on any atom is 0.326 e. The lowest BCUT2D eigenvalue weighted by Crippen LogP contribution is -2.62. The number of nitrogens with zero attached hydrogens (tertiary/aromatic N) is 1. The molecule has 90 heavy (non-hydrogen) atoms. The number of primary amides is 3. The fraction of sp³-hybridized carbons (Fsp3) is 0.554. The number of nitrogens with two attached hydrogens (primary N) is 4. The molecule has 34 heteroatoms. The Kier molecular flexibility index (Phi) is 29.9. The summed E-state index contributed by atoms with van der Waals surface area (Å²) in [5, 5.41) is 55.0. The van der Waals surface area contributed by atoms with Gasteiger partial charge in [0.05, 0.1) is 44.5 Å². The van der Waals surface area contributed by atoms with Gasteiger partial charge in [-0.15, -0.1) is 0 Å². The van der Waals surface area contributed by atoms with Crippen LogP contribution in [0.5, 0.6) is 0 Å². The largest absolute Gasteiger partial charge is 0.480 e. The van der Waals surface area contributed by atoms with Crippen LogP contribution in [0.2, 0.25) is 0 Å². The normalized spacial score (nSPS) is 15.2. The number of imidazole rings is 1. The zero-order chi connectivity index (χ0) is 67.7. The van der Waals surface area contributed by atoms with Gasteiger partial charge in [0.1, 0.15) is 54.4 Å². The minimum atomic E-state index is -2.02. The molecular formula is C56H85N17O17. The van der Waals surface area contributed by atoms with E-state index < -0.39 is 187 Å². The lowest BCUT2D eigenvalue weighted by Gasteiger charge is -2.30. The Morgan fingerprint density at radius 2 is 1.09 bits per heavy atom. The van der Waals surface area contributed by atoms with E-state index >= 15 is 0 Å². The number of aliphatic carboxylic acids is 1. The lowest BCUT2D eigenvalue weighted by atomic mass is 9.96. The van der Waals surface area contributed by atoms with Crippen molar-refractivity contribution in [2.24, 2.45) is 40.7 Å². The minimum Gasteiger partial charge on any atom is -0.480 e. The third-order valence-corrected chi connectivity index (χ3v) is 14.1. The summed E-state index contributed by atoms with van der Waals surface area (Å²) >= 11 is 0. The Hall–Kier alpha value is -9.57. The van der Waals surface area contributed by atoms with Crippen molar-refractivity contribution in [3.8, 4) is 0 Å². The third kappa shape index (κ3) is 24.2. The third-order valence-electron chi connectivity index (χ3n) is 14.1.